The summed E-state index contributed by atoms with van der Waals surface area (Å²) < 4.78 is 23.9. The van der Waals surface area contributed by atoms with Crippen LogP contribution in [0.1, 0.15) is 13.3 Å². The van der Waals surface area contributed by atoms with Crippen molar-refractivity contribution in [1.82, 2.24) is 0 Å². The van der Waals surface area contributed by atoms with Crippen molar-refractivity contribution in [1.29, 1.82) is 0 Å². The first-order chi connectivity index (χ1) is 7.97. The summed E-state index contributed by atoms with van der Waals surface area (Å²) in [5.41, 5.74) is 5.42. The molecule has 0 fully saturated rings. The van der Waals surface area contributed by atoms with Crippen molar-refractivity contribution in [2.75, 3.05) is 17.6 Å². The van der Waals surface area contributed by atoms with Gasteiger partial charge >= 0.3 is 0 Å². The number of primary amides is 1. The number of nitrogens with two attached hydrogens (primary N) is 1. The molecule has 0 unspecified atom stereocenters. The third kappa shape index (κ3) is 3.74. The molecular weight excluding hydrogens is 240 g/mol. The van der Waals surface area contributed by atoms with Gasteiger partial charge in [0.05, 0.1) is 22.9 Å². The summed E-state index contributed by atoms with van der Waals surface area (Å²) >= 11 is 0. The molecule has 0 heterocycles. The van der Waals surface area contributed by atoms with E-state index in [1.165, 1.54) is 6.07 Å². The smallest absolute Gasteiger partial charge is 0.236 e. The Bertz CT molecular complexity index is 497. The van der Waals surface area contributed by atoms with Gasteiger partial charge in [-0.25, -0.2) is 8.42 Å². The van der Waals surface area contributed by atoms with Crippen molar-refractivity contribution in [3.63, 3.8) is 0 Å². The Morgan fingerprint density at radius 3 is 2.59 bits per heavy atom. The summed E-state index contributed by atoms with van der Waals surface area (Å²) in [4.78, 5) is 10.9. The van der Waals surface area contributed by atoms with E-state index < -0.39 is 15.7 Å². The van der Waals surface area contributed by atoms with Crippen LogP contribution in [0.3, 0.4) is 0 Å². The maximum Gasteiger partial charge on any atom is 0.236 e. The lowest BCUT2D eigenvalue weighted by Gasteiger charge is -2.10. The van der Waals surface area contributed by atoms with E-state index in [1.807, 2.05) is 0 Å². The highest BCUT2D eigenvalue weighted by Gasteiger charge is 2.17. The fourth-order valence-electron chi connectivity index (χ4n) is 1.44. The van der Waals surface area contributed by atoms with E-state index in [1.54, 1.807) is 25.1 Å². The van der Waals surface area contributed by atoms with Gasteiger partial charge in [0.2, 0.25) is 5.91 Å². The normalized spacial score (nSPS) is 11.1. The van der Waals surface area contributed by atoms with Gasteiger partial charge in [0.25, 0.3) is 0 Å². The van der Waals surface area contributed by atoms with Gasteiger partial charge in [0.1, 0.15) is 0 Å². The summed E-state index contributed by atoms with van der Waals surface area (Å²) in [5.74, 6) is -0.449. The summed E-state index contributed by atoms with van der Waals surface area (Å²) in [5, 5.41) is 2.72. The van der Waals surface area contributed by atoms with Crippen LogP contribution < -0.4 is 11.1 Å². The van der Waals surface area contributed by atoms with Crippen LogP contribution in [0, 0.1) is 0 Å². The molecule has 5 nitrogen and oxygen atoms in total. The number of amides is 1. The van der Waals surface area contributed by atoms with E-state index in [9.17, 15) is 13.2 Å². The molecule has 1 aromatic rings. The molecule has 0 atom stereocenters. The third-order valence-electron chi connectivity index (χ3n) is 2.15. The van der Waals surface area contributed by atoms with E-state index >= 15 is 0 Å². The zero-order valence-electron chi connectivity index (χ0n) is 9.64. The van der Waals surface area contributed by atoms with Gasteiger partial charge in [-0.3, -0.25) is 4.79 Å². The highest BCUT2D eigenvalue weighted by molar-refractivity contribution is 7.91. The van der Waals surface area contributed by atoms with Crippen LogP contribution in [0.25, 0.3) is 0 Å². The van der Waals surface area contributed by atoms with Crippen molar-refractivity contribution >= 4 is 21.4 Å². The Morgan fingerprint density at radius 2 is 2.00 bits per heavy atom. The average Bonchev–Trinajstić information content (AvgIpc) is 2.26. The van der Waals surface area contributed by atoms with E-state index in [-0.39, 0.29) is 17.2 Å². The quantitative estimate of drug-likeness (QED) is 0.786. The summed E-state index contributed by atoms with van der Waals surface area (Å²) in [6, 6.07) is 6.49. The number of nitrogens with one attached hydrogen (secondary N) is 1. The molecule has 1 amide bonds. The van der Waals surface area contributed by atoms with Gasteiger partial charge in [-0.2, -0.15) is 0 Å². The average molecular weight is 256 g/mol. The Balaban J connectivity index is 3.03. The SMILES string of the molecule is CCCS(=O)(=O)c1ccccc1NCC(N)=O. The van der Waals surface area contributed by atoms with Gasteiger partial charge in [-0.15, -0.1) is 0 Å². The van der Waals surface area contributed by atoms with Gasteiger partial charge in [0, 0.05) is 0 Å². The van der Waals surface area contributed by atoms with Crippen LogP contribution in [-0.2, 0) is 14.6 Å². The zero-order valence-corrected chi connectivity index (χ0v) is 10.5. The molecule has 0 saturated carbocycles. The van der Waals surface area contributed by atoms with E-state index in [0.29, 0.717) is 12.1 Å². The highest BCUT2D eigenvalue weighted by atomic mass is 32.2. The Hall–Kier alpha value is -1.56. The maximum absolute atomic E-state index is 11.9. The van der Waals surface area contributed by atoms with Crippen LogP contribution >= 0.6 is 0 Å². The fraction of sp³-hybridized carbons (Fsp3) is 0.364. The first kappa shape index (κ1) is 13.5. The molecule has 3 N–H and O–H groups in total. The summed E-state index contributed by atoms with van der Waals surface area (Å²) in [6.45, 7) is 1.72. The largest absolute Gasteiger partial charge is 0.375 e. The molecule has 0 aromatic heterocycles. The molecule has 1 aromatic carbocycles. The molecule has 0 aliphatic heterocycles. The van der Waals surface area contributed by atoms with Crippen LogP contribution in [0.4, 0.5) is 5.69 Å². The summed E-state index contributed by atoms with van der Waals surface area (Å²) in [6.07, 6.45) is 0.548. The molecule has 1 rings (SSSR count). The second-order valence-corrected chi connectivity index (χ2v) is 5.71. The minimum atomic E-state index is -3.30. The number of para-hydroxylation sites is 1. The lowest BCUT2D eigenvalue weighted by molar-refractivity contribution is -0.116. The predicted molar refractivity (Wildman–Crippen MR) is 66.5 cm³/mol. The number of hydrogen-bond donors (Lipinski definition) is 2. The summed E-state index contributed by atoms with van der Waals surface area (Å²) in [7, 11) is -3.30. The minimum absolute atomic E-state index is 0.0847. The maximum atomic E-state index is 11.9. The predicted octanol–water partition coefficient (Wildman–Crippen LogP) is 0.768. The number of benzene rings is 1. The molecule has 0 saturated heterocycles. The lowest BCUT2D eigenvalue weighted by Crippen LogP contribution is -2.22. The number of hydrogen-bond acceptors (Lipinski definition) is 4. The number of anilines is 1. The molecule has 94 valence electrons. The van der Waals surface area contributed by atoms with Crippen molar-refractivity contribution in [2.24, 2.45) is 5.73 Å². The van der Waals surface area contributed by atoms with Gasteiger partial charge in [0.15, 0.2) is 9.84 Å². The van der Waals surface area contributed by atoms with E-state index in [4.69, 9.17) is 5.73 Å². The molecule has 17 heavy (non-hydrogen) atoms. The van der Waals surface area contributed by atoms with Gasteiger partial charge < -0.3 is 11.1 Å². The highest BCUT2D eigenvalue weighted by Crippen LogP contribution is 2.22. The van der Waals surface area contributed by atoms with Crippen LogP contribution in [0.2, 0.25) is 0 Å². The van der Waals surface area contributed by atoms with E-state index in [2.05, 4.69) is 5.32 Å². The van der Waals surface area contributed by atoms with Crippen molar-refractivity contribution in [3.05, 3.63) is 24.3 Å². The molecule has 0 bridgehead atoms. The first-order valence-corrected chi connectivity index (χ1v) is 6.96. The Kier molecular flexibility index (Phi) is 4.51. The molecule has 0 radical (unpaired) electrons. The van der Waals surface area contributed by atoms with Crippen LogP contribution in [0.15, 0.2) is 29.2 Å². The number of sulfone groups is 1. The first-order valence-electron chi connectivity index (χ1n) is 5.31. The van der Waals surface area contributed by atoms with Crippen LogP contribution in [-0.4, -0.2) is 26.6 Å². The third-order valence-corrected chi connectivity index (χ3v) is 4.12. The minimum Gasteiger partial charge on any atom is -0.375 e. The van der Waals surface area contributed by atoms with E-state index in [0.717, 1.165) is 0 Å². The van der Waals surface area contributed by atoms with Crippen molar-refractivity contribution in [2.45, 2.75) is 18.2 Å². The molecule has 0 spiro atoms. The second kappa shape index (κ2) is 5.67. The molecule has 0 aliphatic rings. The number of rotatable bonds is 6. The molecule has 6 heteroatoms. The molecule has 0 aliphatic carbocycles. The Labute approximate surface area is 101 Å². The number of carbonyl (C=O) groups excluding carboxylic acids is 1. The monoisotopic (exact) mass is 256 g/mol. The van der Waals surface area contributed by atoms with Crippen LogP contribution in [0.5, 0.6) is 0 Å². The Morgan fingerprint density at radius 1 is 1.35 bits per heavy atom. The molecular formula is C11H16N2O3S. The number of carbonyl (C=O) groups is 1. The lowest BCUT2D eigenvalue weighted by atomic mass is 10.3. The van der Waals surface area contributed by atoms with Gasteiger partial charge in [-0.05, 0) is 18.6 Å². The second-order valence-electron chi connectivity index (χ2n) is 3.63. The van der Waals surface area contributed by atoms with Crippen molar-refractivity contribution < 1.29 is 13.2 Å². The van der Waals surface area contributed by atoms with Gasteiger partial charge in [-0.1, -0.05) is 19.1 Å². The zero-order chi connectivity index (χ0) is 12.9. The fourth-order valence-corrected chi connectivity index (χ4v) is 2.96. The topological polar surface area (TPSA) is 89.3 Å². The van der Waals surface area contributed by atoms with Crippen molar-refractivity contribution in [3.8, 4) is 0 Å². The standard InChI is InChI=1S/C11H16N2O3S/c1-2-7-17(15,16)10-6-4-3-5-9(10)13-8-11(12)14/h3-6,13H,2,7-8H2,1H3,(H2,12,14).